The molecule has 0 aliphatic heterocycles. The van der Waals surface area contributed by atoms with Crippen LogP contribution in [0.1, 0.15) is 40.2 Å². The van der Waals surface area contributed by atoms with E-state index >= 15 is 0 Å². The first-order valence-corrected chi connectivity index (χ1v) is 10.0. The Balaban J connectivity index is 2.35. The van der Waals surface area contributed by atoms with Gasteiger partial charge in [-0.2, -0.15) is 0 Å². The molecule has 0 radical (unpaired) electrons. The van der Waals surface area contributed by atoms with E-state index in [-0.39, 0.29) is 0 Å². The molecule has 0 fully saturated rings. The molecule has 0 aliphatic carbocycles. The molecule has 0 spiro atoms. The van der Waals surface area contributed by atoms with Crippen LogP contribution in [0.25, 0.3) is 0 Å². The first-order valence-electron chi connectivity index (χ1n) is 10.0. The molecule has 158 valence electrons. The van der Waals surface area contributed by atoms with Crippen molar-refractivity contribution in [3.63, 3.8) is 0 Å². The van der Waals surface area contributed by atoms with E-state index < -0.39 is 11.7 Å². The van der Waals surface area contributed by atoms with Crippen molar-refractivity contribution < 1.29 is 9.53 Å². The molecular weight excluding hydrogens is 354 g/mol. The van der Waals surface area contributed by atoms with Crippen LogP contribution in [0.4, 0.5) is 10.5 Å². The molecule has 0 unspecified atom stereocenters. The molecule has 0 saturated carbocycles. The quantitative estimate of drug-likeness (QED) is 0.445. The number of hydrogen-bond acceptors (Lipinski definition) is 4. The summed E-state index contributed by atoms with van der Waals surface area (Å²) in [6.45, 7) is 14.6. The number of likely N-dealkylation sites (N-methyl/N-ethyl adjacent to an activating group) is 1. The van der Waals surface area contributed by atoms with Crippen LogP contribution in [0.15, 0.2) is 29.3 Å². The first kappa shape index (κ1) is 23.8. The fraction of sp³-hybridized carbons (Fsp3) is 0.619. The van der Waals surface area contributed by atoms with E-state index in [1.54, 1.807) is 7.05 Å². The number of carbonyl (C=O) groups is 1. The Kier molecular flexibility index (Phi) is 10.4. The summed E-state index contributed by atoms with van der Waals surface area (Å²) in [4.78, 5) is 18.4. The van der Waals surface area contributed by atoms with Crippen molar-refractivity contribution in [2.24, 2.45) is 4.99 Å². The highest BCUT2D eigenvalue weighted by atomic mass is 16.6. The molecule has 0 aliphatic rings. The number of guanidine groups is 1. The number of rotatable bonds is 9. The highest BCUT2D eigenvalue weighted by molar-refractivity contribution is 5.84. The summed E-state index contributed by atoms with van der Waals surface area (Å²) >= 11 is 0. The summed E-state index contributed by atoms with van der Waals surface area (Å²) in [7, 11) is 1.78. The number of amides is 1. The average Bonchev–Trinajstić information content (AvgIpc) is 2.63. The maximum absolute atomic E-state index is 11.8. The van der Waals surface area contributed by atoms with E-state index in [2.05, 4.69) is 39.7 Å². The number of aliphatic imine (C=N–C) groups is 1. The Bertz CT molecular complexity index is 604. The van der Waals surface area contributed by atoms with Gasteiger partial charge in [0.05, 0.1) is 0 Å². The number of nitrogens with zero attached hydrogens (tertiary/aromatic N) is 2. The predicted octanol–water partition coefficient (Wildman–Crippen LogP) is 3.08. The molecule has 1 aromatic rings. The van der Waals surface area contributed by atoms with E-state index in [9.17, 15) is 4.79 Å². The average molecular weight is 392 g/mol. The van der Waals surface area contributed by atoms with Crippen LogP contribution in [0.3, 0.4) is 0 Å². The Morgan fingerprint density at radius 3 is 2.21 bits per heavy atom. The number of hydrogen-bond donors (Lipinski definition) is 3. The zero-order chi connectivity index (χ0) is 21.0. The summed E-state index contributed by atoms with van der Waals surface area (Å²) in [6.07, 6.45) is 0.421. The second kappa shape index (κ2) is 12.2. The number of ether oxygens (including phenoxy) is 1. The number of nitrogens with one attached hydrogen (secondary N) is 3. The Morgan fingerprint density at radius 2 is 1.68 bits per heavy atom. The zero-order valence-electron chi connectivity index (χ0n) is 18.3. The molecule has 1 rings (SSSR count). The van der Waals surface area contributed by atoms with Crippen LogP contribution in [-0.2, 0) is 11.2 Å². The van der Waals surface area contributed by atoms with Crippen molar-refractivity contribution in [3.05, 3.63) is 29.8 Å². The van der Waals surface area contributed by atoms with Crippen LogP contribution in [0, 0.1) is 0 Å². The molecule has 3 N–H and O–H groups in total. The lowest BCUT2D eigenvalue weighted by molar-refractivity contribution is 0.0636. The van der Waals surface area contributed by atoms with Crippen molar-refractivity contribution in [2.75, 3.05) is 45.1 Å². The van der Waals surface area contributed by atoms with Gasteiger partial charge in [0.1, 0.15) is 5.60 Å². The van der Waals surface area contributed by atoms with Gasteiger partial charge in [-0.3, -0.25) is 10.3 Å². The SMILES string of the molecule is CCN(CC)CCNC(=NC)NCCc1ccc(NC(=O)OC(C)(C)C)cc1. The zero-order valence-corrected chi connectivity index (χ0v) is 18.3. The Morgan fingerprint density at radius 1 is 1.07 bits per heavy atom. The third kappa shape index (κ3) is 10.2. The van der Waals surface area contributed by atoms with E-state index in [0.29, 0.717) is 0 Å². The topological polar surface area (TPSA) is 78.0 Å². The molecule has 1 amide bonds. The summed E-state index contributed by atoms with van der Waals surface area (Å²) in [5.41, 5.74) is 1.40. The molecule has 28 heavy (non-hydrogen) atoms. The van der Waals surface area contributed by atoms with Gasteiger partial charge in [0.2, 0.25) is 0 Å². The molecule has 0 saturated heterocycles. The second-order valence-corrected chi connectivity index (χ2v) is 7.53. The predicted molar refractivity (Wildman–Crippen MR) is 117 cm³/mol. The van der Waals surface area contributed by atoms with E-state index in [1.807, 2.05) is 45.0 Å². The van der Waals surface area contributed by atoms with Crippen LogP contribution >= 0.6 is 0 Å². The fourth-order valence-corrected chi connectivity index (χ4v) is 2.59. The smallest absolute Gasteiger partial charge is 0.412 e. The summed E-state index contributed by atoms with van der Waals surface area (Å²) in [6, 6.07) is 7.78. The molecule has 0 aromatic heterocycles. The number of carbonyl (C=O) groups excluding carboxylic acids is 1. The lowest BCUT2D eigenvalue weighted by Gasteiger charge is -2.19. The van der Waals surface area contributed by atoms with Crippen molar-refractivity contribution in [1.82, 2.24) is 15.5 Å². The largest absolute Gasteiger partial charge is 0.444 e. The van der Waals surface area contributed by atoms with Crippen LogP contribution < -0.4 is 16.0 Å². The Labute approximate surface area is 169 Å². The molecule has 0 atom stereocenters. The molecule has 7 heteroatoms. The minimum Gasteiger partial charge on any atom is -0.444 e. The minimum atomic E-state index is -0.506. The first-order chi connectivity index (χ1) is 13.3. The maximum Gasteiger partial charge on any atom is 0.412 e. The molecule has 1 aromatic carbocycles. The van der Waals surface area contributed by atoms with Crippen LogP contribution in [0.5, 0.6) is 0 Å². The maximum atomic E-state index is 11.8. The number of benzene rings is 1. The highest BCUT2D eigenvalue weighted by Crippen LogP contribution is 2.13. The van der Waals surface area contributed by atoms with Gasteiger partial charge >= 0.3 is 6.09 Å². The Hall–Kier alpha value is -2.28. The van der Waals surface area contributed by atoms with E-state index in [4.69, 9.17) is 4.74 Å². The summed E-state index contributed by atoms with van der Waals surface area (Å²) < 4.78 is 5.25. The van der Waals surface area contributed by atoms with Gasteiger partial charge in [-0.25, -0.2) is 4.79 Å². The highest BCUT2D eigenvalue weighted by Gasteiger charge is 2.16. The molecule has 0 bridgehead atoms. The van der Waals surface area contributed by atoms with Gasteiger partial charge in [-0.05, 0) is 58.0 Å². The number of anilines is 1. The van der Waals surface area contributed by atoms with Gasteiger partial charge in [0.15, 0.2) is 5.96 Å². The summed E-state index contributed by atoms with van der Waals surface area (Å²) in [5.74, 6) is 0.815. The van der Waals surface area contributed by atoms with Crippen molar-refractivity contribution >= 4 is 17.7 Å². The lowest BCUT2D eigenvalue weighted by Crippen LogP contribution is -2.42. The van der Waals surface area contributed by atoms with Crippen molar-refractivity contribution in [3.8, 4) is 0 Å². The van der Waals surface area contributed by atoms with Crippen molar-refractivity contribution in [1.29, 1.82) is 0 Å². The van der Waals surface area contributed by atoms with Gasteiger partial charge in [0, 0.05) is 32.4 Å². The van der Waals surface area contributed by atoms with Crippen LogP contribution in [0.2, 0.25) is 0 Å². The van der Waals surface area contributed by atoms with Crippen LogP contribution in [-0.4, -0.2) is 62.3 Å². The standard InChI is InChI=1S/C21H37N5O2/c1-7-26(8-2)16-15-24-19(22-6)23-14-13-17-9-11-18(12-10-17)25-20(27)28-21(3,4)5/h9-12H,7-8,13-16H2,1-6H3,(H,25,27)(H2,22,23,24). The monoisotopic (exact) mass is 391 g/mol. The van der Waals surface area contributed by atoms with Crippen molar-refractivity contribution in [2.45, 2.75) is 46.6 Å². The van der Waals surface area contributed by atoms with E-state index in [1.165, 1.54) is 5.56 Å². The molecule has 7 nitrogen and oxygen atoms in total. The van der Waals surface area contributed by atoms with Gasteiger partial charge in [-0.1, -0.05) is 26.0 Å². The fourth-order valence-electron chi connectivity index (χ4n) is 2.59. The lowest BCUT2D eigenvalue weighted by atomic mass is 10.1. The third-order valence-corrected chi connectivity index (χ3v) is 4.14. The van der Waals surface area contributed by atoms with E-state index in [0.717, 1.165) is 50.8 Å². The second-order valence-electron chi connectivity index (χ2n) is 7.53. The van der Waals surface area contributed by atoms with Gasteiger partial charge in [-0.15, -0.1) is 0 Å². The summed E-state index contributed by atoms with van der Waals surface area (Å²) in [5, 5.41) is 9.41. The van der Waals surface area contributed by atoms with Gasteiger partial charge < -0.3 is 20.3 Å². The minimum absolute atomic E-state index is 0.443. The third-order valence-electron chi connectivity index (χ3n) is 4.14. The molecule has 0 heterocycles. The molecular formula is C21H37N5O2. The normalized spacial score (nSPS) is 12.0. The van der Waals surface area contributed by atoms with Gasteiger partial charge in [0.25, 0.3) is 0 Å².